The van der Waals surface area contributed by atoms with Gasteiger partial charge in [-0.15, -0.1) is 13.2 Å². The van der Waals surface area contributed by atoms with Crippen molar-refractivity contribution in [1.82, 2.24) is 5.32 Å². The summed E-state index contributed by atoms with van der Waals surface area (Å²) >= 11 is 0. The smallest absolute Gasteiger partial charge is 0.406 e. The van der Waals surface area contributed by atoms with Crippen molar-refractivity contribution >= 4 is 5.91 Å². The van der Waals surface area contributed by atoms with Crippen LogP contribution in [0.5, 0.6) is 5.75 Å². The molecule has 0 aromatic heterocycles. The number of ether oxygens (including phenoxy) is 5. The highest BCUT2D eigenvalue weighted by Crippen LogP contribution is 2.44. The first-order valence-corrected chi connectivity index (χ1v) is 12.8. The maximum Gasteiger partial charge on any atom is 0.573 e. The summed E-state index contributed by atoms with van der Waals surface area (Å²) in [4.78, 5) is 13.6. The van der Waals surface area contributed by atoms with Crippen LogP contribution in [0.15, 0.2) is 48.5 Å². The monoisotopic (exact) mass is 555 g/mol. The van der Waals surface area contributed by atoms with Gasteiger partial charge < -0.3 is 29.0 Å². The molecule has 7 nitrogen and oxygen atoms in total. The van der Waals surface area contributed by atoms with Gasteiger partial charge in [0.25, 0.3) is 5.91 Å². The molecular weight excluding hydrogens is 522 g/mol. The number of carbonyl (C=O) groups excluding carboxylic acids is 1. The van der Waals surface area contributed by atoms with E-state index >= 15 is 0 Å². The van der Waals surface area contributed by atoms with Crippen LogP contribution < -0.4 is 10.1 Å². The van der Waals surface area contributed by atoms with Crippen molar-refractivity contribution in [3.8, 4) is 5.75 Å². The quantitative estimate of drug-likeness (QED) is 0.418. The summed E-state index contributed by atoms with van der Waals surface area (Å²) < 4.78 is 81.1. The van der Waals surface area contributed by atoms with Crippen LogP contribution in [0.3, 0.4) is 0 Å². The largest absolute Gasteiger partial charge is 0.573 e. The van der Waals surface area contributed by atoms with Crippen molar-refractivity contribution in [2.45, 2.75) is 95.9 Å². The highest BCUT2D eigenvalue weighted by atomic mass is 19.4. The Kier molecular flexibility index (Phi) is 8.55. The molecule has 214 valence electrons. The van der Waals surface area contributed by atoms with Crippen LogP contribution in [0.4, 0.5) is 17.6 Å². The van der Waals surface area contributed by atoms with Crippen molar-refractivity contribution < 1.29 is 46.0 Å². The van der Waals surface area contributed by atoms with E-state index in [0.717, 1.165) is 0 Å². The fraction of sp³-hybridized carbons (Fsp3) is 0.536. The van der Waals surface area contributed by atoms with Crippen LogP contribution in [0.25, 0.3) is 0 Å². The molecule has 0 unspecified atom stereocenters. The van der Waals surface area contributed by atoms with Gasteiger partial charge in [-0.2, -0.15) is 0 Å². The van der Waals surface area contributed by atoms with Crippen LogP contribution in [-0.2, 0) is 37.0 Å². The van der Waals surface area contributed by atoms with Gasteiger partial charge in [-0.25, -0.2) is 4.39 Å². The fourth-order valence-corrected chi connectivity index (χ4v) is 4.97. The predicted molar refractivity (Wildman–Crippen MR) is 132 cm³/mol. The standard InChI is InChI=1S/C28H33F4NO6/c1-17(2)33-25(34)27(36-16-19-9-5-6-11-21(19)29)13-22(24-23(14-27)38-26(3,4)39-24)35-15-18-8-7-10-20(12-18)37-28(30,31)32/h5-12,17,22-24H,13-16H2,1-4H3,(H,33,34)/t22-,23-,24+,27-/m1/s1. The first-order chi connectivity index (χ1) is 18.3. The lowest BCUT2D eigenvalue weighted by atomic mass is 9.78. The lowest BCUT2D eigenvalue weighted by Crippen LogP contribution is -2.60. The summed E-state index contributed by atoms with van der Waals surface area (Å²) in [5.74, 6) is -2.19. The molecule has 4 atom stereocenters. The Morgan fingerprint density at radius 2 is 1.82 bits per heavy atom. The van der Waals surface area contributed by atoms with Gasteiger partial charge in [0.1, 0.15) is 17.7 Å². The second kappa shape index (κ2) is 11.4. The van der Waals surface area contributed by atoms with Gasteiger partial charge >= 0.3 is 6.36 Å². The van der Waals surface area contributed by atoms with Crippen molar-refractivity contribution in [3.05, 3.63) is 65.5 Å². The van der Waals surface area contributed by atoms with Crippen molar-refractivity contribution in [2.24, 2.45) is 0 Å². The molecule has 2 aliphatic rings. The zero-order chi connectivity index (χ0) is 28.4. The van der Waals surface area contributed by atoms with Crippen LogP contribution in [0.2, 0.25) is 0 Å². The average Bonchev–Trinajstić information content (AvgIpc) is 3.14. The van der Waals surface area contributed by atoms with Gasteiger partial charge in [0.05, 0.1) is 25.4 Å². The van der Waals surface area contributed by atoms with Crippen LogP contribution >= 0.6 is 0 Å². The molecule has 39 heavy (non-hydrogen) atoms. The Labute approximate surface area is 224 Å². The molecular formula is C28H33F4NO6. The minimum Gasteiger partial charge on any atom is -0.406 e. The highest BCUT2D eigenvalue weighted by Gasteiger charge is 2.58. The van der Waals surface area contributed by atoms with Gasteiger partial charge in [0.2, 0.25) is 0 Å². The van der Waals surface area contributed by atoms with E-state index in [1.807, 2.05) is 13.8 Å². The zero-order valence-corrected chi connectivity index (χ0v) is 22.2. The summed E-state index contributed by atoms with van der Waals surface area (Å²) in [7, 11) is 0. The first-order valence-electron chi connectivity index (χ1n) is 12.8. The number of fused-ring (bicyclic) bond motifs is 1. The summed E-state index contributed by atoms with van der Waals surface area (Å²) in [6.45, 7) is 6.88. The van der Waals surface area contributed by atoms with Crippen molar-refractivity contribution in [3.63, 3.8) is 0 Å². The second-order valence-electron chi connectivity index (χ2n) is 10.6. The van der Waals surface area contributed by atoms with Crippen molar-refractivity contribution in [2.75, 3.05) is 0 Å². The molecule has 1 saturated carbocycles. The number of amides is 1. The SMILES string of the molecule is CC(C)NC(=O)[C@@]1(OCc2ccccc2F)C[C@@H](OCc2cccc(OC(F)(F)F)c2)[C@@H]2OC(C)(C)O[C@@H]2C1. The zero-order valence-electron chi connectivity index (χ0n) is 22.2. The molecule has 1 saturated heterocycles. The number of nitrogens with one attached hydrogen (secondary N) is 1. The minimum absolute atomic E-state index is 0.0549. The Morgan fingerprint density at radius 1 is 1.08 bits per heavy atom. The summed E-state index contributed by atoms with van der Waals surface area (Å²) in [6, 6.07) is 11.4. The van der Waals surface area contributed by atoms with Gasteiger partial charge in [-0.3, -0.25) is 4.79 Å². The molecule has 1 heterocycles. The third-order valence-electron chi connectivity index (χ3n) is 6.54. The van der Waals surface area contributed by atoms with Crippen molar-refractivity contribution in [1.29, 1.82) is 0 Å². The minimum atomic E-state index is -4.82. The van der Waals surface area contributed by atoms with E-state index in [9.17, 15) is 22.4 Å². The van der Waals surface area contributed by atoms with E-state index in [1.165, 1.54) is 24.3 Å². The van der Waals surface area contributed by atoms with Crippen LogP contribution in [-0.4, -0.2) is 48.0 Å². The normalized spacial score (nSPS) is 26.3. The first kappa shape index (κ1) is 29.3. The summed E-state index contributed by atoms with van der Waals surface area (Å²) in [6.07, 6.45) is -6.50. The number of alkyl halides is 3. The molecule has 4 rings (SSSR count). The van der Waals surface area contributed by atoms with Gasteiger partial charge in [0.15, 0.2) is 11.4 Å². The lowest BCUT2D eigenvalue weighted by molar-refractivity contribution is -0.274. The topological polar surface area (TPSA) is 75.3 Å². The number of carbonyl (C=O) groups is 1. The van der Waals surface area contributed by atoms with E-state index < -0.39 is 47.8 Å². The molecule has 1 N–H and O–H groups in total. The van der Waals surface area contributed by atoms with Gasteiger partial charge in [-0.1, -0.05) is 30.3 Å². The van der Waals surface area contributed by atoms with E-state index in [2.05, 4.69) is 10.1 Å². The molecule has 2 aromatic rings. The number of benzene rings is 2. The van der Waals surface area contributed by atoms with Gasteiger partial charge in [-0.05, 0) is 51.5 Å². The predicted octanol–water partition coefficient (Wildman–Crippen LogP) is 5.40. The van der Waals surface area contributed by atoms with Crippen LogP contribution in [0, 0.1) is 5.82 Å². The summed E-state index contributed by atoms with van der Waals surface area (Å²) in [5, 5.41) is 2.90. The molecule has 11 heteroatoms. The molecule has 2 fully saturated rings. The molecule has 0 radical (unpaired) electrons. The molecule has 1 aliphatic heterocycles. The summed E-state index contributed by atoms with van der Waals surface area (Å²) in [5.41, 5.74) is -0.718. The Balaban J connectivity index is 1.59. The number of halogens is 4. The van der Waals surface area contributed by atoms with E-state index in [4.69, 9.17) is 18.9 Å². The molecule has 0 bridgehead atoms. The highest BCUT2D eigenvalue weighted by molar-refractivity contribution is 5.85. The number of hydrogen-bond donors (Lipinski definition) is 1. The lowest BCUT2D eigenvalue weighted by Gasteiger charge is -2.43. The maximum absolute atomic E-state index is 14.4. The molecule has 0 spiro atoms. The van der Waals surface area contributed by atoms with E-state index in [-0.39, 0.29) is 37.8 Å². The molecule has 1 aliphatic carbocycles. The van der Waals surface area contributed by atoms with E-state index in [1.54, 1.807) is 38.1 Å². The van der Waals surface area contributed by atoms with Gasteiger partial charge in [0, 0.05) is 24.4 Å². The number of hydrogen-bond acceptors (Lipinski definition) is 6. The second-order valence-corrected chi connectivity index (χ2v) is 10.6. The van der Waals surface area contributed by atoms with Crippen LogP contribution in [0.1, 0.15) is 51.7 Å². The Bertz CT molecular complexity index is 1160. The number of rotatable bonds is 9. The Morgan fingerprint density at radius 3 is 2.51 bits per heavy atom. The molecule has 2 aromatic carbocycles. The average molecular weight is 556 g/mol. The third kappa shape index (κ3) is 7.47. The maximum atomic E-state index is 14.4. The third-order valence-corrected chi connectivity index (χ3v) is 6.54. The molecule has 1 amide bonds. The Hall–Kier alpha value is -2.73. The van der Waals surface area contributed by atoms with E-state index in [0.29, 0.717) is 11.1 Å². The fourth-order valence-electron chi connectivity index (χ4n) is 4.97.